The summed E-state index contributed by atoms with van der Waals surface area (Å²) in [5.74, 6) is 0. The largest absolute Gasteiger partial charge is 0 e. The van der Waals surface area contributed by atoms with Gasteiger partial charge in [-0.15, -0.1) is 0 Å². The fourth-order valence-electron chi connectivity index (χ4n) is 0. The average molecular weight is 262 g/mol. The number of halogens is 2. The van der Waals surface area contributed by atoms with Crippen molar-refractivity contribution < 1.29 is 47.3 Å². The van der Waals surface area contributed by atoms with Crippen LogP contribution in [-0.4, -0.2) is 0 Å². The van der Waals surface area contributed by atoms with E-state index in [0.29, 0.717) is 0 Å². The molecule has 5 heavy (non-hydrogen) atoms. The maximum Gasteiger partial charge on any atom is 0 e. The zero-order valence-corrected chi connectivity index (χ0v) is 6.00. The molecule has 0 heterocycles. The van der Waals surface area contributed by atoms with E-state index in [9.17, 15) is 0 Å². The van der Waals surface area contributed by atoms with E-state index in [0.717, 1.165) is 13.1 Å². The molecular weight excluding hydrogens is 262 g/mol. The van der Waals surface area contributed by atoms with Gasteiger partial charge in [-0.05, 0) is 0 Å². The van der Waals surface area contributed by atoms with Gasteiger partial charge in [0, 0.05) is 34.1 Å². The van der Waals surface area contributed by atoms with Gasteiger partial charge in [0.05, 0.1) is 0 Å². The van der Waals surface area contributed by atoms with Crippen molar-refractivity contribution in [1.29, 1.82) is 0 Å². The van der Waals surface area contributed by atoms with Gasteiger partial charge >= 0.3 is 33.3 Å². The molecule has 0 fully saturated rings. The van der Waals surface area contributed by atoms with E-state index in [-0.39, 0.29) is 34.1 Å². The molecule has 0 rings (SSSR count). The third kappa shape index (κ3) is 23.0. The Morgan fingerprint density at radius 1 is 1.00 bits per heavy atom. The molecule has 0 amide bonds. The molecule has 0 aliphatic heterocycles. The average Bonchev–Trinajstić information content (AvgIpc) is 0.918. The zero-order valence-electron chi connectivity index (χ0n) is 1.66. The van der Waals surface area contributed by atoms with Crippen LogP contribution < -0.4 is 0 Å². The molecule has 47 valence electrons. The van der Waals surface area contributed by atoms with Gasteiger partial charge in [0.2, 0.25) is 0 Å². The molecule has 0 aromatic carbocycles. The SMILES string of the molecule is [Cl][Cu][Cl].[Cu].[Cu]. The molecule has 0 N–H and O–H groups in total. The Balaban J connectivity index is -0.0000000200. The number of hydrogen-bond acceptors (Lipinski definition) is 0. The van der Waals surface area contributed by atoms with E-state index in [1.165, 1.54) is 0 Å². The van der Waals surface area contributed by atoms with Crippen molar-refractivity contribution in [3.05, 3.63) is 0 Å². The van der Waals surface area contributed by atoms with Crippen molar-refractivity contribution in [1.82, 2.24) is 0 Å². The van der Waals surface area contributed by atoms with Crippen molar-refractivity contribution in [3.8, 4) is 0 Å². The van der Waals surface area contributed by atoms with Crippen LogP contribution in [0.15, 0.2) is 0 Å². The first-order chi connectivity index (χ1) is 1.41. The molecule has 0 nitrogen and oxygen atoms in total. The number of hydrogen-bond donors (Lipinski definition) is 0. The van der Waals surface area contributed by atoms with E-state index in [4.69, 9.17) is 0 Å². The third-order valence-electron chi connectivity index (χ3n) is 0. The van der Waals surface area contributed by atoms with Crippen LogP contribution in [0.25, 0.3) is 0 Å². The molecule has 0 aliphatic rings. The smallest absolute Gasteiger partial charge is 0 e. The summed E-state index contributed by atoms with van der Waals surface area (Å²) < 4.78 is 0. The molecule has 0 unspecified atom stereocenters. The minimum atomic E-state index is 0. The maximum atomic E-state index is 4.67. The summed E-state index contributed by atoms with van der Waals surface area (Å²) in [5, 5.41) is 0. The Morgan fingerprint density at radius 3 is 1.00 bits per heavy atom. The van der Waals surface area contributed by atoms with E-state index >= 15 is 0 Å². The summed E-state index contributed by atoms with van der Waals surface area (Å²) in [4.78, 5) is 0. The van der Waals surface area contributed by atoms with E-state index in [1.807, 2.05) is 0 Å². The molecule has 2 radical (unpaired) electrons. The van der Waals surface area contributed by atoms with Gasteiger partial charge in [0.25, 0.3) is 0 Å². The second-order valence-corrected chi connectivity index (χ2v) is 1.60. The van der Waals surface area contributed by atoms with Crippen LogP contribution in [0.3, 0.4) is 0 Å². The monoisotopic (exact) mass is 259 g/mol. The maximum absolute atomic E-state index is 4.67. The van der Waals surface area contributed by atoms with Crippen LogP contribution in [0, 0.1) is 0 Å². The fraction of sp³-hybridized carbons (Fsp3) is 0. The molecule has 0 atom stereocenters. The molecule has 5 heteroatoms. The summed E-state index contributed by atoms with van der Waals surface area (Å²) in [6, 6.07) is 0. The van der Waals surface area contributed by atoms with Gasteiger partial charge in [-0.25, -0.2) is 0 Å². The Kier molecular flexibility index (Phi) is 51.7. The zero-order chi connectivity index (χ0) is 2.71. The minimum Gasteiger partial charge on any atom is 0 e. The topological polar surface area (TPSA) is 0 Å². The normalized spacial score (nSPS) is 4.40. The number of rotatable bonds is 0. The van der Waals surface area contributed by atoms with Gasteiger partial charge in [0.15, 0.2) is 0 Å². The molecule has 0 bridgehead atoms. The quantitative estimate of drug-likeness (QED) is 0.578. The Labute approximate surface area is 66.9 Å². The molecular formula is Cl2Cu3. The second kappa shape index (κ2) is 16.5. The summed E-state index contributed by atoms with van der Waals surface area (Å²) in [6.45, 7) is 0. The molecule has 0 aromatic heterocycles. The summed E-state index contributed by atoms with van der Waals surface area (Å²) in [6.07, 6.45) is 0. The van der Waals surface area contributed by atoms with Gasteiger partial charge < -0.3 is 0 Å². The van der Waals surface area contributed by atoms with Gasteiger partial charge in [-0.3, -0.25) is 0 Å². The van der Waals surface area contributed by atoms with Crippen LogP contribution in [0.5, 0.6) is 0 Å². The van der Waals surface area contributed by atoms with Crippen LogP contribution in [0.1, 0.15) is 0 Å². The van der Waals surface area contributed by atoms with Gasteiger partial charge in [-0.2, -0.15) is 0 Å². The summed E-state index contributed by atoms with van der Waals surface area (Å²) in [5.41, 5.74) is 0. The van der Waals surface area contributed by atoms with Crippen LogP contribution in [0.4, 0.5) is 0 Å². The van der Waals surface area contributed by atoms with Crippen molar-refractivity contribution in [2.45, 2.75) is 0 Å². The standard InChI is InChI=1S/2ClH.3Cu/h2*1H;;;/q;;;;+2/p-2. The van der Waals surface area contributed by atoms with Crippen molar-refractivity contribution in [3.63, 3.8) is 0 Å². The Hall–Kier alpha value is 2.14. The van der Waals surface area contributed by atoms with Crippen LogP contribution >= 0.6 is 20.2 Å². The van der Waals surface area contributed by atoms with E-state index in [1.54, 1.807) is 0 Å². The van der Waals surface area contributed by atoms with Gasteiger partial charge in [0.1, 0.15) is 0 Å². The third-order valence-corrected chi connectivity index (χ3v) is 0. The van der Waals surface area contributed by atoms with E-state index in [2.05, 4.69) is 20.2 Å². The molecule has 0 aromatic rings. The van der Waals surface area contributed by atoms with Crippen molar-refractivity contribution >= 4 is 20.2 Å². The Morgan fingerprint density at radius 2 is 1.00 bits per heavy atom. The first-order valence-corrected chi connectivity index (χ1v) is 2.82. The van der Waals surface area contributed by atoms with Crippen LogP contribution in [-0.2, 0) is 47.3 Å². The van der Waals surface area contributed by atoms with Crippen LogP contribution in [0.2, 0.25) is 0 Å². The molecule has 0 saturated carbocycles. The predicted octanol–water partition coefficient (Wildman–Crippen LogP) is 1.37. The van der Waals surface area contributed by atoms with Crippen molar-refractivity contribution in [2.24, 2.45) is 0 Å². The molecule has 0 saturated heterocycles. The fourth-order valence-corrected chi connectivity index (χ4v) is 0. The predicted molar refractivity (Wildman–Crippen MR) is 11.7 cm³/mol. The minimum absolute atomic E-state index is 0. The van der Waals surface area contributed by atoms with Gasteiger partial charge in [-0.1, -0.05) is 0 Å². The first kappa shape index (κ1) is 15.7. The summed E-state index contributed by atoms with van der Waals surface area (Å²) >= 11 is 0.757. The van der Waals surface area contributed by atoms with E-state index < -0.39 is 0 Å². The molecule has 0 spiro atoms. The molecule has 0 aliphatic carbocycles. The first-order valence-electron chi connectivity index (χ1n) is 0.228. The summed E-state index contributed by atoms with van der Waals surface area (Å²) in [7, 11) is 9.34. The second-order valence-electron chi connectivity index (χ2n) is 0.0431. The Bertz CT molecular complexity index is 4.85. The van der Waals surface area contributed by atoms with Crippen molar-refractivity contribution in [2.75, 3.05) is 0 Å².